The van der Waals surface area contributed by atoms with Gasteiger partial charge in [0, 0.05) is 31.1 Å². The topological polar surface area (TPSA) is 48.5 Å². The zero-order valence-corrected chi connectivity index (χ0v) is 16.0. The third-order valence-electron chi connectivity index (χ3n) is 4.04. The van der Waals surface area contributed by atoms with Gasteiger partial charge in [0.15, 0.2) is 11.0 Å². The van der Waals surface area contributed by atoms with Crippen LogP contribution in [0.5, 0.6) is 0 Å². The molecule has 0 saturated heterocycles. The van der Waals surface area contributed by atoms with E-state index < -0.39 is 0 Å². The summed E-state index contributed by atoms with van der Waals surface area (Å²) in [6.45, 7) is 5.25. The molecule has 2 aromatic heterocycles. The van der Waals surface area contributed by atoms with Gasteiger partial charge in [-0.15, -0.1) is 10.2 Å². The van der Waals surface area contributed by atoms with Crippen LogP contribution in [0.2, 0.25) is 0 Å². The van der Waals surface area contributed by atoms with Crippen LogP contribution >= 0.6 is 11.8 Å². The highest BCUT2D eigenvalue weighted by Crippen LogP contribution is 2.25. The predicted molar refractivity (Wildman–Crippen MR) is 103 cm³/mol. The Labute approximate surface area is 153 Å². The van der Waals surface area contributed by atoms with Crippen LogP contribution in [0.1, 0.15) is 30.9 Å². The molecule has 1 aromatic carbocycles. The maximum absolute atomic E-state index is 4.47. The van der Waals surface area contributed by atoms with Crippen molar-refractivity contribution in [2.75, 3.05) is 5.75 Å². The van der Waals surface area contributed by atoms with Gasteiger partial charge >= 0.3 is 0 Å². The van der Waals surface area contributed by atoms with Crippen LogP contribution in [0.4, 0.5) is 0 Å². The Morgan fingerprint density at radius 3 is 2.80 bits per heavy atom. The maximum Gasteiger partial charge on any atom is 0.191 e. The van der Waals surface area contributed by atoms with Crippen LogP contribution in [-0.2, 0) is 20.0 Å². The molecular formula is C19H25N5S. The van der Waals surface area contributed by atoms with Crippen LogP contribution in [0, 0.1) is 6.92 Å². The first-order chi connectivity index (χ1) is 12.2. The lowest BCUT2D eigenvalue weighted by Gasteiger charge is -2.09. The van der Waals surface area contributed by atoms with Crippen LogP contribution in [0.3, 0.4) is 0 Å². The van der Waals surface area contributed by atoms with Gasteiger partial charge in [-0.05, 0) is 37.8 Å². The summed E-state index contributed by atoms with van der Waals surface area (Å²) >= 11 is 1.79. The van der Waals surface area contributed by atoms with E-state index in [4.69, 9.17) is 0 Å². The molecule has 5 nitrogen and oxygen atoms in total. The van der Waals surface area contributed by atoms with Crippen molar-refractivity contribution < 1.29 is 0 Å². The average Bonchev–Trinajstić information content (AvgIpc) is 3.18. The highest BCUT2D eigenvalue weighted by molar-refractivity contribution is 7.99. The third kappa shape index (κ3) is 4.51. The van der Waals surface area contributed by atoms with Crippen LogP contribution in [-0.4, -0.2) is 30.3 Å². The van der Waals surface area contributed by atoms with Gasteiger partial charge in [-0.3, -0.25) is 4.68 Å². The highest BCUT2D eigenvalue weighted by atomic mass is 32.2. The Morgan fingerprint density at radius 1 is 1.20 bits per heavy atom. The fraction of sp³-hybridized carbons (Fsp3) is 0.421. The van der Waals surface area contributed by atoms with Crippen LogP contribution in [0.15, 0.2) is 41.8 Å². The van der Waals surface area contributed by atoms with Crippen molar-refractivity contribution >= 4 is 11.8 Å². The smallest absolute Gasteiger partial charge is 0.191 e. The largest absolute Gasteiger partial charge is 0.302 e. The second-order valence-corrected chi connectivity index (χ2v) is 7.36. The normalized spacial score (nSPS) is 11.2. The molecular weight excluding hydrogens is 330 g/mol. The minimum absolute atomic E-state index is 0.946. The van der Waals surface area contributed by atoms with Crippen molar-refractivity contribution in [1.82, 2.24) is 24.5 Å². The predicted octanol–water partition coefficient (Wildman–Crippen LogP) is 4.12. The maximum atomic E-state index is 4.47. The second-order valence-electron chi connectivity index (χ2n) is 6.30. The molecule has 6 heteroatoms. The van der Waals surface area contributed by atoms with Crippen molar-refractivity contribution in [3.8, 4) is 11.4 Å². The van der Waals surface area contributed by atoms with Gasteiger partial charge in [-0.1, -0.05) is 42.4 Å². The van der Waals surface area contributed by atoms with Crippen molar-refractivity contribution in [1.29, 1.82) is 0 Å². The molecule has 25 heavy (non-hydrogen) atoms. The first-order valence-electron chi connectivity index (χ1n) is 8.78. The molecule has 0 fully saturated rings. The third-order valence-corrected chi connectivity index (χ3v) is 5.09. The van der Waals surface area contributed by atoms with E-state index in [2.05, 4.69) is 64.2 Å². The van der Waals surface area contributed by atoms with Gasteiger partial charge in [0.25, 0.3) is 0 Å². The summed E-state index contributed by atoms with van der Waals surface area (Å²) in [6, 6.07) is 8.47. The molecule has 0 atom stereocenters. The highest BCUT2D eigenvalue weighted by Gasteiger charge is 2.13. The minimum Gasteiger partial charge on any atom is -0.302 e. The molecule has 0 radical (unpaired) electrons. The molecule has 3 aromatic rings. The number of aryl methyl sites for hydroxylation is 3. The first kappa shape index (κ1) is 17.7. The minimum atomic E-state index is 0.946. The summed E-state index contributed by atoms with van der Waals surface area (Å²) in [4.78, 5) is 0. The number of benzene rings is 1. The molecule has 0 unspecified atom stereocenters. The summed E-state index contributed by atoms with van der Waals surface area (Å²) in [7, 11) is 1.96. The average molecular weight is 356 g/mol. The van der Waals surface area contributed by atoms with E-state index in [-0.39, 0.29) is 0 Å². The van der Waals surface area contributed by atoms with Gasteiger partial charge in [-0.25, -0.2) is 0 Å². The van der Waals surface area contributed by atoms with Crippen LogP contribution < -0.4 is 0 Å². The second kappa shape index (κ2) is 8.34. The summed E-state index contributed by atoms with van der Waals surface area (Å²) in [5.74, 6) is 2.00. The zero-order valence-electron chi connectivity index (χ0n) is 15.1. The molecule has 0 N–H and O–H groups in total. The van der Waals surface area contributed by atoms with Gasteiger partial charge in [0.05, 0.1) is 6.20 Å². The number of nitrogens with zero attached hydrogens (tertiary/aromatic N) is 5. The molecule has 0 aliphatic carbocycles. The van der Waals surface area contributed by atoms with Gasteiger partial charge in [0.2, 0.25) is 0 Å². The summed E-state index contributed by atoms with van der Waals surface area (Å²) in [5, 5.41) is 14.2. The van der Waals surface area contributed by atoms with Crippen molar-refractivity contribution in [2.45, 2.75) is 44.8 Å². The Bertz CT molecular complexity index is 821. The van der Waals surface area contributed by atoms with Crippen molar-refractivity contribution in [3.05, 3.63) is 47.8 Å². The monoisotopic (exact) mass is 355 g/mol. The Hall–Kier alpha value is -2.08. The number of rotatable bonds is 8. The van der Waals surface area contributed by atoms with Crippen LogP contribution in [0.25, 0.3) is 11.4 Å². The SMILES string of the molecule is CCCn1c(SCCCc2cnn(C)c2)nnc1-c1cccc(C)c1. The van der Waals surface area contributed by atoms with Gasteiger partial charge in [0.1, 0.15) is 0 Å². The molecule has 0 aliphatic rings. The number of thioether (sulfide) groups is 1. The summed E-state index contributed by atoms with van der Waals surface area (Å²) in [5.41, 5.74) is 3.68. The van der Waals surface area contributed by atoms with E-state index in [0.29, 0.717) is 0 Å². The van der Waals surface area contributed by atoms with Gasteiger partial charge < -0.3 is 4.57 Å². The molecule has 0 amide bonds. The molecule has 0 aliphatic heterocycles. The van der Waals surface area contributed by atoms with Crippen molar-refractivity contribution in [2.24, 2.45) is 7.05 Å². The molecule has 2 heterocycles. The van der Waals surface area contributed by atoms with Gasteiger partial charge in [-0.2, -0.15) is 5.10 Å². The lowest BCUT2D eigenvalue weighted by atomic mass is 10.1. The Balaban J connectivity index is 1.66. The molecule has 0 bridgehead atoms. The van der Waals surface area contributed by atoms with E-state index in [1.54, 1.807) is 11.8 Å². The quantitative estimate of drug-likeness (QED) is 0.450. The molecule has 0 saturated carbocycles. The zero-order chi connectivity index (χ0) is 17.6. The standard InChI is InChI=1S/C19H25N5S/c1-4-10-24-18(17-9-5-7-15(2)12-17)21-22-19(24)25-11-6-8-16-13-20-23(3)14-16/h5,7,9,12-14H,4,6,8,10-11H2,1-3H3. The van der Waals surface area contributed by atoms with E-state index in [0.717, 1.165) is 48.1 Å². The van der Waals surface area contributed by atoms with E-state index in [1.807, 2.05) is 17.9 Å². The lowest BCUT2D eigenvalue weighted by Crippen LogP contribution is -2.02. The fourth-order valence-corrected chi connectivity index (χ4v) is 3.76. The summed E-state index contributed by atoms with van der Waals surface area (Å²) in [6.07, 6.45) is 7.25. The van der Waals surface area contributed by atoms with Crippen molar-refractivity contribution in [3.63, 3.8) is 0 Å². The van der Waals surface area contributed by atoms with E-state index in [9.17, 15) is 0 Å². The molecule has 3 rings (SSSR count). The number of hydrogen-bond donors (Lipinski definition) is 0. The van der Waals surface area contributed by atoms with E-state index in [1.165, 1.54) is 11.1 Å². The Kier molecular flexibility index (Phi) is 5.91. The fourth-order valence-electron chi connectivity index (χ4n) is 2.86. The molecule has 0 spiro atoms. The molecule has 132 valence electrons. The Morgan fingerprint density at radius 2 is 2.08 bits per heavy atom. The summed E-state index contributed by atoms with van der Waals surface area (Å²) < 4.78 is 4.11. The lowest BCUT2D eigenvalue weighted by molar-refractivity contribution is 0.626. The number of aromatic nitrogens is 5. The first-order valence-corrected chi connectivity index (χ1v) is 9.76. The van der Waals surface area contributed by atoms with E-state index >= 15 is 0 Å². The number of hydrogen-bond acceptors (Lipinski definition) is 4.